The molecule has 0 fully saturated rings. The molecule has 0 atom stereocenters. The highest BCUT2D eigenvalue weighted by atomic mass is 79.9. The Morgan fingerprint density at radius 1 is 1.35 bits per heavy atom. The number of thiocarbonyl (C=S) groups is 1. The topological polar surface area (TPSA) is 60.3 Å². The maximum absolute atomic E-state index is 5.35. The zero-order valence-electron chi connectivity index (χ0n) is 13.2. The Morgan fingerprint density at radius 3 is 2.78 bits per heavy atom. The lowest BCUT2D eigenvalue weighted by Crippen LogP contribution is -2.29. The molecule has 2 aromatic rings. The highest BCUT2D eigenvalue weighted by Gasteiger charge is 2.10. The lowest BCUT2D eigenvalue weighted by molar-refractivity contribution is 0.395. The van der Waals surface area contributed by atoms with Gasteiger partial charge in [-0.15, -0.1) is 0 Å². The third kappa shape index (κ3) is 4.35. The van der Waals surface area contributed by atoms with E-state index in [0.29, 0.717) is 17.4 Å². The molecule has 0 unspecified atom stereocenters. The molecule has 0 bridgehead atoms. The number of rotatable bonds is 6. The highest BCUT2D eigenvalue weighted by Crippen LogP contribution is 2.28. The quantitative estimate of drug-likeness (QED) is 0.728. The van der Waals surface area contributed by atoms with Gasteiger partial charge in [0, 0.05) is 12.6 Å². The minimum Gasteiger partial charge on any atom is -0.497 e. The molecule has 0 saturated heterocycles. The summed E-state index contributed by atoms with van der Waals surface area (Å²) in [7, 11) is 3.22. The number of ether oxygens (including phenoxy) is 2. The molecule has 0 amide bonds. The molecule has 0 saturated carbocycles. The monoisotopic (exact) mass is 398 g/mol. The summed E-state index contributed by atoms with van der Waals surface area (Å²) >= 11 is 8.84. The van der Waals surface area contributed by atoms with Crippen molar-refractivity contribution in [1.82, 2.24) is 15.1 Å². The number of methoxy groups -OCH3 is 2. The number of nitrogens with zero attached hydrogens (tertiary/aromatic N) is 2. The first kappa shape index (κ1) is 17.6. The first-order chi connectivity index (χ1) is 11.1. The van der Waals surface area contributed by atoms with Gasteiger partial charge in [-0.3, -0.25) is 4.68 Å². The summed E-state index contributed by atoms with van der Waals surface area (Å²) in [6, 6.07) is 5.50. The molecular formula is C15H19BrN4O2S. The van der Waals surface area contributed by atoms with Crippen LogP contribution >= 0.6 is 28.1 Å². The standard InChI is InChI=1S/C15H19BrN4O2S/c1-4-20-13(11(16)8-18-20)9-17-15(23)19-12-6-5-10(21-2)7-14(12)22-3/h5-8H,4,9H2,1-3H3,(H2,17,19,23). The average Bonchev–Trinajstić information content (AvgIpc) is 2.93. The Hall–Kier alpha value is -1.80. The van der Waals surface area contributed by atoms with E-state index in [4.69, 9.17) is 21.7 Å². The number of hydrogen-bond donors (Lipinski definition) is 2. The third-order valence-electron chi connectivity index (χ3n) is 3.27. The van der Waals surface area contributed by atoms with Gasteiger partial charge in [-0.05, 0) is 47.2 Å². The molecule has 8 heteroatoms. The Kier molecular flexibility index (Phi) is 6.23. The first-order valence-electron chi connectivity index (χ1n) is 7.06. The zero-order chi connectivity index (χ0) is 16.8. The Morgan fingerprint density at radius 2 is 2.13 bits per heavy atom. The van der Waals surface area contributed by atoms with Crippen LogP contribution < -0.4 is 20.1 Å². The van der Waals surface area contributed by atoms with Gasteiger partial charge in [0.2, 0.25) is 0 Å². The molecule has 0 aliphatic heterocycles. The summed E-state index contributed by atoms with van der Waals surface area (Å²) < 4.78 is 13.4. The van der Waals surface area contributed by atoms with E-state index in [0.717, 1.165) is 28.1 Å². The second-order valence-corrected chi connectivity index (χ2v) is 5.89. The second-order valence-electron chi connectivity index (χ2n) is 4.63. The van der Waals surface area contributed by atoms with E-state index in [1.54, 1.807) is 26.5 Å². The van der Waals surface area contributed by atoms with Gasteiger partial charge < -0.3 is 20.1 Å². The Labute approximate surface area is 149 Å². The molecule has 0 aliphatic rings. The molecule has 6 nitrogen and oxygen atoms in total. The van der Waals surface area contributed by atoms with Crippen LogP contribution in [0, 0.1) is 0 Å². The fraction of sp³-hybridized carbons (Fsp3) is 0.333. The maximum atomic E-state index is 5.35. The first-order valence-corrected chi connectivity index (χ1v) is 8.26. The van der Waals surface area contributed by atoms with E-state index >= 15 is 0 Å². The van der Waals surface area contributed by atoms with Gasteiger partial charge in [0.15, 0.2) is 5.11 Å². The van der Waals surface area contributed by atoms with Crippen LogP contribution in [0.2, 0.25) is 0 Å². The van der Waals surface area contributed by atoms with E-state index in [1.807, 2.05) is 23.7 Å². The number of anilines is 1. The van der Waals surface area contributed by atoms with Crippen LogP contribution in [0.1, 0.15) is 12.6 Å². The molecule has 1 aromatic heterocycles. The van der Waals surface area contributed by atoms with Gasteiger partial charge in [-0.25, -0.2) is 0 Å². The predicted octanol–water partition coefficient (Wildman–Crippen LogP) is 3.17. The summed E-state index contributed by atoms with van der Waals surface area (Å²) in [5.74, 6) is 1.38. The number of hydrogen-bond acceptors (Lipinski definition) is 4. The Balaban J connectivity index is 2.01. The summed E-state index contributed by atoms with van der Waals surface area (Å²) in [5.41, 5.74) is 1.81. The van der Waals surface area contributed by atoms with Crippen LogP contribution in [-0.2, 0) is 13.1 Å². The van der Waals surface area contributed by atoms with Crippen LogP contribution in [0.3, 0.4) is 0 Å². The van der Waals surface area contributed by atoms with Crippen molar-refractivity contribution in [3.63, 3.8) is 0 Å². The minimum atomic E-state index is 0.504. The van der Waals surface area contributed by atoms with E-state index < -0.39 is 0 Å². The molecule has 0 radical (unpaired) electrons. The number of aryl methyl sites for hydroxylation is 1. The minimum absolute atomic E-state index is 0.504. The SMILES string of the molecule is CCn1ncc(Br)c1CNC(=S)Nc1ccc(OC)cc1OC. The number of halogens is 1. The third-order valence-corrected chi connectivity index (χ3v) is 4.18. The number of nitrogens with one attached hydrogen (secondary N) is 2. The van der Waals surface area contributed by atoms with Gasteiger partial charge in [0.1, 0.15) is 11.5 Å². The van der Waals surface area contributed by atoms with Crippen molar-refractivity contribution in [1.29, 1.82) is 0 Å². The van der Waals surface area contributed by atoms with E-state index in [2.05, 4.69) is 31.7 Å². The summed E-state index contributed by atoms with van der Waals surface area (Å²) in [4.78, 5) is 0. The lowest BCUT2D eigenvalue weighted by atomic mass is 10.2. The fourth-order valence-corrected chi connectivity index (χ4v) is 2.69. The van der Waals surface area contributed by atoms with E-state index in [-0.39, 0.29) is 0 Å². The van der Waals surface area contributed by atoms with Crippen LogP contribution in [0.5, 0.6) is 11.5 Å². The molecule has 124 valence electrons. The van der Waals surface area contributed by atoms with Crippen molar-refractivity contribution in [3.8, 4) is 11.5 Å². The maximum Gasteiger partial charge on any atom is 0.171 e. The normalized spacial score (nSPS) is 10.3. The van der Waals surface area contributed by atoms with E-state index in [9.17, 15) is 0 Å². The van der Waals surface area contributed by atoms with Crippen molar-refractivity contribution < 1.29 is 9.47 Å². The molecular weight excluding hydrogens is 380 g/mol. The molecule has 2 rings (SSSR count). The Bertz CT molecular complexity index is 690. The number of benzene rings is 1. The number of aromatic nitrogens is 2. The van der Waals surface area contributed by atoms with Crippen LogP contribution in [0.25, 0.3) is 0 Å². The van der Waals surface area contributed by atoms with Gasteiger partial charge in [-0.1, -0.05) is 0 Å². The smallest absolute Gasteiger partial charge is 0.171 e. The lowest BCUT2D eigenvalue weighted by Gasteiger charge is -2.15. The molecule has 0 spiro atoms. The molecule has 1 aromatic carbocycles. The van der Waals surface area contributed by atoms with Crippen LogP contribution in [-0.4, -0.2) is 29.1 Å². The van der Waals surface area contributed by atoms with Gasteiger partial charge in [-0.2, -0.15) is 5.10 Å². The molecule has 0 aliphatic carbocycles. The van der Waals surface area contributed by atoms with Gasteiger partial charge in [0.05, 0.1) is 42.8 Å². The highest BCUT2D eigenvalue weighted by molar-refractivity contribution is 9.10. The fourth-order valence-electron chi connectivity index (χ4n) is 2.07. The van der Waals surface area contributed by atoms with Gasteiger partial charge >= 0.3 is 0 Å². The van der Waals surface area contributed by atoms with Crippen molar-refractivity contribution in [2.45, 2.75) is 20.0 Å². The van der Waals surface area contributed by atoms with Crippen molar-refractivity contribution in [2.75, 3.05) is 19.5 Å². The van der Waals surface area contributed by atoms with Crippen LogP contribution in [0.4, 0.5) is 5.69 Å². The van der Waals surface area contributed by atoms with Crippen LogP contribution in [0.15, 0.2) is 28.9 Å². The predicted molar refractivity (Wildman–Crippen MR) is 98.2 cm³/mol. The van der Waals surface area contributed by atoms with Gasteiger partial charge in [0.25, 0.3) is 0 Å². The average molecular weight is 399 g/mol. The second kappa shape index (κ2) is 8.16. The summed E-state index contributed by atoms with van der Waals surface area (Å²) in [6.07, 6.45) is 1.78. The molecule has 1 heterocycles. The largest absolute Gasteiger partial charge is 0.497 e. The van der Waals surface area contributed by atoms with Crippen molar-refractivity contribution in [3.05, 3.63) is 34.6 Å². The van der Waals surface area contributed by atoms with Crippen molar-refractivity contribution >= 4 is 38.9 Å². The summed E-state index contributed by atoms with van der Waals surface area (Å²) in [5, 5.41) is 11.1. The van der Waals surface area contributed by atoms with E-state index in [1.165, 1.54) is 0 Å². The summed E-state index contributed by atoms with van der Waals surface area (Å²) in [6.45, 7) is 3.41. The molecule has 23 heavy (non-hydrogen) atoms. The van der Waals surface area contributed by atoms with Crippen molar-refractivity contribution in [2.24, 2.45) is 0 Å². The molecule has 2 N–H and O–H groups in total. The zero-order valence-corrected chi connectivity index (χ0v) is 15.6.